The number of benzene rings is 1. The molecule has 2 rings (SSSR count). The van der Waals surface area contributed by atoms with Crippen molar-refractivity contribution in [1.82, 2.24) is 9.55 Å². The Kier molecular flexibility index (Phi) is 3.71. The van der Waals surface area contributed by atoms with Crippen LogP contribution in [0.15, 0.2) is 24.7 Å². The maximum atomic E-state index is 13.7. The SMILES string of the molecule is Cc1ccc(C(=O)c2cn(CCN)cn2)c(F)c1F. The van der Waals surface area contributed by atoms with Crippen molar-refractivity contribution in [3.8, 4) is 0 Å². The molecule has 0 bridgehead atoms. The van der Waals surface area contributed by atoms with E-state index in [2.05, 4.69) is 4.98 Å². The van der Waals surface area contributed by atoms with Crippen molar-refractivity contribution in [1.29, 1.82) is 0 Å². The number of nitrogens with zero attached hydrogens (tertiary/aromatic N) is 2. The fourth-order valence-corrected chi connectivity index (χ4v) is 1.71. The average Bonchev–Trinajstić information content (AvgIpc) is 2.85. The zero-order chi connectivity index (χ0) is 14.0. The molecule has 1 heterocycles. The first-order valence-corrected chi connectivity index (χ1v) is 5.75. The summed E-state index contributed by atoms with van der Waals surface area (Å²) in [5.74, 6) is -2.79. The van der Waals surface area contributed by atoms with E-state index in [0.717, 1.165) is 0 Å². The number of ketones is 1. The van der Waals surface area contributed by atoms with Crippen LogP contribution in [0.4, 0.5) is 8.78 Å². The summed E-state index contributed by atoms with van der Waals surface area (Å²) in [6.45, 7) is 2.34. The Bertz CT molecular complexity index is 622. The summed E-state index contributed by atoms with van der Waals surface area (Å²) in [7, 11) is 0. The predicted molar refractivity (Wildman–Crippen MR) is 65.8 cm³/mol. The Morgan fingerprint density at radius 2 is 2.11 bits per heavy atom. The van der Waals surface area contributed by atoms with Crippen LogP contribution in [0.2, 0.25) is 0 Å². The van der Waals surface area contributed by atoms with E-state index in [1.165, 1.54) is 31.6 Å². The molecule has 4 nitrogen and oxygen atoms in total. The van der Waals surface area contributed by atoms with Gasteiger partial charge in [-0.25, -0.2) is 13.8 Å². The van der Waals surface area contributed by atoms with Gasteiger partial charge in [-0.05, 0) is 18.6 Å². The zero-order valence-electron chi connectivity index (χ0n) is 10.4. The van der Waals surface area contributed by atoms with Crippen LogP contribution >= 0.6 is 0 Å². The van der Waals surface area contributed by atoms with Crippen LogP contribution in [0.1, 0.15) is 21.6 Å². The Balaban J connectivity index is 2.36. The molecule has 0 spiro atoms. The molecular formula is C13H13F2N3O. The number of imidazole rings is 1. The van der Waals surface area contributed by atoms with Crippen LogP contribution in [-0.4, -0.2) is 21.9 Å². The monoisotopic (exact) mass is 265 g/mol. The lowest BCUT2D eigenvalue weighted by Gasteiger charge is -2.03. The van der Waals surface area contributed by atoms with Crippen LogP contribution in [0, 0.1) is 18.6 Å². The summed E-state index contributed by atoms with van der Waals surface area (Å²) < 4.78 is 28.7. The Morgan fingerprint density at radius 1 is 1.37 bits per heavy atom. The molecule has 0 amide bonds. The molecule has 2 N–H and O–H groups in total. The van der Waals surface area contributed by atoms with E-state index in [9.17, 15) is 13.6 Å². The molecule has 1 aromatic carbocycles. The number of aryl methyl sites for hydroxylation is 1. The Hall–Kier alpha value is -2.08. The number of rotatable bonds is 4. The number of nitrogens with two attached hydrogens (primary N) is 1. The van der Waals surface area contributed by atoms with E-state index in [-0.39, 0.29) is 16.8 Å². The Morgan fingerprint density at radius 3 is 2.79 bits per heavy atom. The van der Waals surface area contributed by atoms with Crippen LogP contribution in [0.25, 0.3) is 0 Å². The van der Waals surface area contributed by atoms with Gasteiger partial charge >= 0.3 is 0 Å². The van der Waals surface area contributed by atoms with Gasteiger partial charge in [-0.1, -0.05) is 6.07 Å². The minimum atomic E-state index is -1.14. The van der Waals surface area contributed by atoms with Gasteiger partial charge in [0.05, 0.1) is 11.9 Å². The third-order valence-electron chi connectivity index (χ3n) is 2.77. The highest BCUT2D eigenvalue weighted by molar-refractivity contribution is 6.07. The van der Waals surface area contributed by atoms with Crippen molar-refractivity contribution in [3.63, 3.8) is 0 Å². The van der Waals surface area contributed by atoms with Gasteiger partial charge in [0.25, 0.3) is 0 Å². The van der Waals surface area contributed by atoms with Crippen molar-refractivity contribution < 1.29 is 13.6 Å². The van der Waals surface area contributed by atoms with E-state index in [0.29, 0.717) is 13.1 Å². The van der Waals surface area contributed by atoms with Crippen LogP contribution in [0.3, 0.4) is 0 Å². The molecule has 19 heavy (non-hydrogen) atoms. The molecule has 0 atom stereocenters. The largest absolute Gasteiger partial charge is 0.335 e. The molecule has 0 saturated heterocycles. The molecule has 100 valence electrons. The lowest BCUT2D eigenvalue weighted by Crippen LogP contribution is -2.09. The molecule has 0 aliphatic rings. The quantitative estimate of drug-likeness (QED) is 0.855. The minimum absolute atomic E-state index is 0.0654. The molecule has 0 aliphatic carbocycles. The third-order valence-corrected chi connectivity index (χ3v) is 2.77. The first-order valence-electron chi connectivity index (χ1n) is 5.75. The molecule has 0 radical (unpaired) electrons. The molecule has 0 unspecified atom stereocenters. The highest BCUT2D eigenvalue weighted by atomic mass is 19.2. The smallest absolute Gasteiger partial charge is 0.215 e. The summed E-state index contributed by atoms with van der Waals surface area (Å²) in [4.78, 5) is 15.9. The highest BCUT2D eigenvalue weighted by Gasteiger charge is 2.20. The fourth-order valence-electron chi connectivity index (χ4n) is 1.71. The maximum absolute atomic E-state index is 13.7. The summed E-state index contributed by atoms with van der Waals surface area (Å²) in [5, 5.41) is 0. The van der Waals surface area contributed by atoms with Gasteiger partial charge in [-0.2, -0.15) is 0 Å². The van der Waals surface area contributed by atoms with Gasteiger partial charge in [0.1, 0.15) is 5.69 Å². The lowest BCUT2D eigenvalue weighted by molar-refractivity contribution is 0.103. The first-order chi connectivity index (χ1) is 9.04. The molecule has 6 heteroatoms. The molecule has 0 saturated carbocycles. The number of hydrogen-bond donors (Lipinski definition) is 1. The normalized spacial score (nSPS) is 10.7. The second-order valence-corrected chi connectivity index (χ2v) is 4.17. The van der Waals surface area contributed by atoms with Gasteiger partial charge < -0.3 is 10.3 Å². The van der Waals surface area contributed by atoms with Gasteiger partial charge in [0.2, 0.25) is 5.78 Å². The van der Waals surface area contributed by atoms with E-state index < -0.39 is 17.4 Å². The van der Waals surface area contributed by atoms with Gasteiger partial charge in [0, 0.05) is 19.3 Å². The second-order valence-electron chi connectivity index (χ2n) is 4.17. The molecule has 0 fully saturated rings. The number of carbonyl (C=O) groups is 1. The standard InChI is InChI=1S/C13H13F2N3O/c1-8-2-3-9(12(15)11(8)14)13(19)10-6-18(5-4-16)7-17-10/h2-3,6-7H,4-5,16H2,1H3. The number of hydrogen-bond acceptors (Lipinski definition) is 3. The van der Waals surface area contributed by atoms with Crippen LogP contribution in [-0.2, 0) is 6.54 Å². The topological polar surface area (TPSA) is 60.9 Å². The van der Waals surface area contributed by atoms with E-state index in [1.54, 1.807) is 4.57 Å². The van der Waals surface area contributed by atoms with Crippen LogP contribution < -0.4 is 5.73 Å². The lowest BCUT2D eigenvalue weighted by atomic mass is 10.1. The molecule has 2 aromatic rings. The molecule has 0 aliphatic heterocycles. The van der Waals surface area contributed by atoms with Crippen molar-refractivity contribution in [2.24, 2.45) is 5.73 Å². The van der Waals surface area contributed by atoms with E-state index >= 15 is 0 Å². The second kappa shape index (κ2) is 5.27. The zero-order valence-corrected chi connectivity index (χ0v) is 10.4. The number of carbonyl (C=O) groups excluding carboxylic acids is 1. The first kappa shape index (κ1) is 13.4. The maximum Gasteiger partial charge on any atom is 0.215 e. The van der Waals surface area contributed by atoms with E-state index in [4.69, 9.17) is 5.73 Å². The van der Waals surface area contributed by atoms with Gasteiger partial charge in [-0.15, -0.1) is 0 Å². The highest BCUT2D eigenvalue weighted by Crippen LogP contribution is 2.18. The summed E-state index contributed by atoms with van der Waals surface area (Å²) in [6.07, 6.45) is 2.90. The van der Waals surface area contributed by atoms with Crippen molar-refractivity contribution in [2.45, 2.75) is 13.5 Å². The van der Waals surface area contributed by atoms with Crippen molar-refractivity contribution in [2.75, 3.05) is 6.54 Å². The van der Waals surface area contributed by atoms with Crippen molar-refractivity contribution >= 4 is 5.78 Å². The van der Waals surface area contributed by atoms with E-state index in [1.807, 2.05) is 0 Å². The fraction of sp³-hybridized carbons (Fsp3) is 0.231. The Labute approximate surface area is 108 Å². The van der Waals surface area contributed by atoms with Crippen LogP contribution in [0.5, 0.6) is 0 Å². The summed E-state index contributed by atoms with van der Waals surface area (Å²) in [6, 6.07) is 2.63. The number of halogens is 2. The number of aromatic nitrogens is 2. The average molecular weight is 265 g/mol. The summed E-state index contributed by atoms with van der Waals surface area (Å²) in [5.41, 5.74) is 5.28. The third kappa shape index (κ3) is 2.53. The predicted octanol–water partition coefficient (Wildman–Crippen LogP) is 1.66. The molecular weight excluding hydrogens is 252 g/mol. The van der Waals surface area contributed by atoms with Crippen molar-refractivity contribution in [3.05, 3.63) is 53.1 Å². The van der Waals surface area contributed by atoms with Gasteiger partial charge in [-0.3, -0.25) is 4.79 Å². The summed E-state index contributed by atoms with van der Waals surface area (Å²) >= 11 is 0. The minimum Gasteiger partial charge on any atom is -0.335 e. The van der Waals surface area contributed by atoms with Gasteiger partial charge in [0.15, 0.2) is 11.6 Å². The molecule has 1 aromatic heterocycles.